The monoisotopic (exact) mass is 236 g/mol. The molecule has 3 nitrogen and oxygen atoms in total. The molecule has 0 radical (unpaired) electrons. The molecular weight excluding hydrogens is 216 g/mol. The zero-order valence-corrected chi connectivity index (χ0v) is 10.6. The van der Waals surface area contributed by atoms with E-state index in [2.05, 4.69) is 13.8 Å². The Labute approximate surface area is 102 Å². The zero-order chi connectivity index (χ0) is 12.8. The summed E-state index contributed by atoms with van der Waals surface area (Å²) in [4.78, 5) is 11.0. The average Bonchev–Trinajstić information content (AvgIpc) is 2.35. The Kier molecular flexibility index (Phi) is 5.01. The first kappa shape index (κ1) is 13.6. The maximum Gasteiger partial charge on any atom is 0.344 e. The third-order valence-corrected chi connectivity index (χ3v) is 2.98. The molecule has 1 N–H and O–H groups in total. The number of carbonyl (C=O) groups is 1. The van der Waals surface area contributed by atoms with E-state index in [1.54, 1.807) is 0 Å². The molecule has 0 saturated carbocycles. The van der Waals surface area contributed by atoms with Crippen LogP contribution >= 0.6 is 0 Å². The predicted octanol–water partition coefficient (Wildman–Crippen LogP) is 3.44. The van der Waals surface area contributed by atoms with Gasteiger partial charge in [0.05, 0.1) is 0 Å². The van der Waals surface area contributed by atoms with E-state index in [0.29, 0.717) is 18.1 Å². The summed E-state index contributed by atoms with van der Waals surface area (Å²) in [6.45, 7) is 6.03. The molecule has 0 aromatic heterocycles. The van der Waals surface area contributed by atoms with Crippen LogP contribution in [-0.2, 0) is 4.79 Å². The Bertz CT molecular complexity index is 373. The number of hydrogen-bond acceptors (Lipinski definition) is 2. The molecule has 1 aromatic carbocycles. The highest BCUT2D eigenvalue weighted by atomic mass is 16.5. The quantitative estimate of drug-likeness (QED) is 0.823. The molecule has 0 aliphatic rings. The van der Waals surface area contributed by atoms with Crippen molar-refractivity contribution in [2.24, 2.45) is 0 Å². The number of ether oxygens (including phenoxy) is 1. The minimum atomic E-state index is -0.911. The summed E-state index contributed by atoms with van der Waals surface area (Å²) in [5.41, 5.74) is 1.08. The van der Waals surface area contributed by atoms with Crippen molar-refractivity contribution in [3.8, 4) is 5.75 Å². The maximum atomic E-state index is 11.0. The van der Waals surface area contributed by atoms with Crippen molar-refractivity contribution in [3.63, 3.8) is 0 Å². The second-order valence-electron chi connectivity index (χ2n) is 4.20. The van der Waals surface area contributed by atoms with Gasteiger partial charge in [-0.25, -0.2) is 4.79 Å². The molecule has 3 heteroatoms. The zero-order valence-electron chi connectivity index (χ0n) is 10.6. The summed E-state index contributed by atoms with van der Waals surface area (Å²) < 4.78 is 5.58. The van der Waals surface area contributed by atoms with Gasteiger partial charge < -0.3 is 9.84 Å². The topological polar surface area (TPSA) is 46.5 Å². The lowest BCUT2D eigenvalue weighted by Gasteiger charge is -2.19. The molecule has 0 bridgehead atoms. The second-order valence-corrected chi connectivity index (χ2v) is 4.20. The normalized spacial score (nSPS) is 14.1. The van der Waals surface area contributed by atoms with Crippen molar-refractivity contribution in [2.75, 3.05) is 0 Å². The van der Waals surface area contributed by atoms with Crippen LogP contribution in [0.25, 0.3) is 0 Å². The van der Waals surface area contributed by atoms with Crippen molar-refractivity contribution in [1.29, 1.82) is 0 Å². The lowest BCUT2D eigenvalue weighted by atomic mass is 9.98. The molecule has 1 rings (SSSR count). The molecule has 2 atom stereocenters. The third-order valence-electron chi connectivity index (χ3n) is 2.98. The lowest BCUT2D eigenvalue weighted by Crippen LogP contribution is -2.26. The largest absolute Gasteiger partial charge is 0.479 e. The van der Waals surface area contributed by atoms with E-state index in [-0.39, 0.29) is 0 Å². The molecule has 0 amide bonds. The summed E-state index contributed by atoms with van der Waals surface area (Å²) in [7, 11) is 0. The van der Waals surface area contributed by atoms with Gasteiger partial charge in [-0.3, -0.25) is 0 Å². The van der Waals surface area contributed by atoms with Gasteiger partial charge in [0.25, 0.3) is 0 Å². The summed E-state index contributed by atoms with van der Waals surface area (Å²) in [6, 6.07) is 7.66. The number of para-hydroxylation sites is 1. The highest BCUT2D eigenvalue weighted by Crippen LogP contribution is 2.29. The average molecular weight is 236 g/mol. The van der Waals surface area contributed by atoms with Gasteiger partial charge in [-0.2, -0.15) is 0 Å². The Morgan fingerprint density at radius 2 is 1.94 bits per heavy atom. The molecule has 0 aliphatic carbocycles. The fourth-order valence-corrected chi connectivity index (χ4v) is 1.68. The molecule has 0 spiro atoms. The van der Waals surface area contributed by atoms with Gasteiger partial charge in [0.1, 0.15) is 5.75 Å². The first-order valence-electron chi connectivity index (χ1n) is 6.08. The van der Waals surface area contributed by atoms with Crippen LogP contribution in [0, 0.1) is 0 Å². The molecule has 0 saturated heterocycles. The van der Waals surface area contributed by atoms with E-state index in [9.17, 15) is 4.79 Å². The van der Waals surface area contributed by atoms with E-state index in [1.165, 1.54) is 0 Å². The maximum absolute atomic E-state index is 11.0. The number of carboxylic acid groups (broad SMARTS) is 1. The van der Waals surface area contributed by atoms with Gasteiger partial charge in [0.15, 0.2) is 6.10 Å². The summed E-state index contributed by atoms with van der Waals surface area (Å²) >= 11 is 0. The Balaban J connectivity index is 2.93. The summed E-state index contributed by atoms with van der Waals surface area (Å²) in [5, 5.41) is 9.00. The van der Waals surface area contributed by atoms with Crippen molar-refractivity contribution >= 4 is 5.97 Å². The Morgan fingerprint density at radius 1 is 1.29 bits per heavy atom. The van der Waals surface area contributed by atoms with Crippen LogP contribution in [0.1, 0.15) is 45.1 Å². The van der Waals surface area contributed by atoms with E-state index in [0.717, 1.165) is 12.0 Å². The molecule has 0 aliphatic heterocycles. The van der Waals surface area contributed by atoms with Crippen LogP contribution in [0.4, 0.5) is 0 Å². The van der Waals surface area contributed by atoms with E-state index < -0.39 is 12.1 Å². The van der Waals surface area contributed by atoms with Gasteiger partial charge in [-0.1, -0.05) is 39.0 Å². The highest BCUT2D eigenvalue weighted by Gasteiger charge is 2.19. The number of rotatable bonds is 6. The van der Waals surface area contributed by atoms with Crippen LogP contribution in [0.5, 0.6) is 5.75 Å². The van der Waals surface area contributed by atoms with Crippen molar-refractivity contribution in [3.05, 3.63) is 29.8 Å². The molecule has 0 unspecified atom stereocenters. The number of aliphatic carboxylic acids is 1. The van der Waals surface area contributed by atoms with Gasteiger partial charge in [-0.15, -0.1) is 0 Å². The van der Waals surface area contributed by atoms with Crippen molar-refractivity contribution in [1.82, 2.24) is 0 Å². The van der Waals surface area contributed by atoms with Gasteiger partial charge in [0.2, 0.25) is 0 Å². The van der Waals surface area contributed by atoms with Crippen molar-refractivity contribution < 1.29 is 14.6 Å². The number of benzene rings is 1. The number of hydrogen-bond donors (Lipinski definition) is 1. The minimum Gasteiger partial charge on any atom is -0.479 e. The Hall–Kier alpha value is -1.51. The summed E-state index contributed by atoms with van der Waals surface area (Å²) in [5.74, 6) is 0.153. The minimum absolute atomic E-state index is 0.373. The SMILES string of the molecule is CC[C@@H](Oc1ccccc1[C@@H](C)CC)C(=O)O. The van der Waals surface area contributed by atoms with Gasteiger partial charge in [0, 0.05) is 0 Å². The first-order chi connectivity index (χ1) is 8.10. The van der Waals surface area contributed by atoms with Crippen LogP contribution < -0.4 is 4.74 Å². The smallest absolute Gasteiger partial charge is 0.344 e. The lowest BCUT2D eigenvalue weighted by molar-refractivity contribution is -0.145. The van der Waals surface area contributed by atoms with Crippen LogP contribution in [-0.4, -0.2) is 17.2 Å². The van der Waals surface area contributed by atoms with Crippen LogP contribution in [0.15, 0.2) is 24.3 Å². The van der Waals surface area contributed by atoms with Crippen molar-refractivity contribution in [2.45, 2.75) is 45.6 Å². The molecule has 0 heterocycles. The predicted molar refractivity (Wildman–Crippen MR) is 67.5 cm³/mol. The molecule has 0 fully saturated rings. The first-order valence-corrected chi connectivity index (χ1v) is 6.08. The molecule has 94 valence electrons. The Morgan fingerprint density at radius 3 is 2.47 bits per heavy atom. The van der Waals surface area contributed by atoms with Crippen LogP contribution in [0.3, 0.4) is 0 Å². The molecular formula is C14H20O3. The van der Waals surface area contributed by atoms with E-state index in [4.69, 9.17) is 9.84 Å². The fraction of sp³-hybridized carbons (Fsp3) is 0.500. The summed E-state index contributed by atoms with van der Waals surface area (Å²) in [6.07, 6.45) is 0.703. The number of carboxylic acids is 1. The van der Waals surface area contributed by atoms with Crippen LogP contribution in [0.2, 0.25) is 0 Å². The van der Waals surface area contributed by atoms with E-state index >= 15 is 0 Å². The fourth-order valence-electron chi connectivity index (χ4n) is 1.68. The third kappa shape index (κ3) is 3.48. The molecule has 1 aromatic rings. The second kappa shape index (κ2) is 6.28. The van der Waals surface area contributed by atoms with E-state index in [1.807, 2.05) is 31.2 Å². The van der Waals surface area contributed by atoms with Gasteiger partial charge >= 0.3 is 5.97 Å². The highest BCUT2D eigenvalue weighted by molar-refractivity contribution is 5.72. The van der Waals surface area contributed by atoms with Gasteiger partial charge in [-0.05, 0) is 30.4 Å². The standard InChI is InChI=1S/C14H20O3/c1-4-10(3)11-8-6-7-9-13(11)17-12(5-2)14(15)16/h6-10,12H,4-5H2,1-3H3,(H,15,16)/t10-,12+/m0/s1. The molecule has 17 heavy (non-hydrogen) atoms.